The number of thiol groups is 1. The quantitative estimate of drug-likeness (QED) is 0.647. The van der Waals surface area contributed by atoms with Gasteiger partial charge in [0.25, 0.3) is 0 Å². The van der Waals surface area contributed by atoms with Crippen LogP contribution in [0.4, 0.5) is 0 Å². The Kier molecular flexibility index (Phi) is 3.00. The molecule has 0 aromatic carbocycles. The molecule has 0 rings (SSSR count). The summed E-state index contributed by atoms with van der Waals surface area (Å²) in [5.41, 5.74) is -0.675. The maximum absolute atomic E-state index is 10.7. The van der Waals surface area contributed by atoms with E-state index in [0.29, 0.717) is 6.42 Å². The molecular formula is C8H16O2S. The van der Waals surface area contributed by atoms with E-state index in [0.717, 1.165) is 0 Å². The van der Waals surface area contributed by atoms with Crippen molar-refractivity contribution in [2.45, 2.75) is 38.9 Å². The molecule has 11 heavy (non-hydrogen) atoms. The van der Waals surface area contributed by atoms with Gasteiger partial charge in [-0.3, -0.25) is 4.79 Å². The van der Waals surface area contributed by atoms with Crippen LogP contribution in [0.15, 0.2) is 0 Å². The van der Waals surface area contributed by atoms with Gasteiger partial charge in [0.05, 0.1) is 5.41 Å². The molecule has 0 saturated heterocycles. The second-order valence-corrected chi connectivity index (χ2v) is 5.39. The van der Waals surface area contributed by atoms with E-state index in [2.05, 4.69) is 12.6 Å². The van der Waals surface area contributed by atoms with Gasteiger partial charge in [0.15, 0.2) is 0 Å². The predicted octanol–water partition coefficient (Wildman–Crippen LogP) is 2.20. The van der Waals surface area contributed by atoms with E-state index in [1.807, 2.05) is 13.8 Å². The van der Waals surface area contributed by atoms with Crippen LogP contribution in [0.5, 0.6) is 0 Å². The van der Waals surface area contributed by atoms with E-state index < -0.39 is 11.4 Å². The molecule has 0 amide bonds. The van der Waals surface area contributed by atoms with E-state index in [1.165, 1.54) is 0 Å². The van der Waals surface area contributed by atoms with Crippen LogP contribution in [-0.4, -0.2) is 15.8 Å². The number of carbonyl (C=O) groups is 1. The summed E-state index contributed by atoms with van der Waals surface area (Å²) >= 11 is 4.28. The van der Waals surface area contributed by atoms with Crippen molar-refractivity contribution in [2.24, 2.45) is 5.41 Å². The van der Waals surface area contributed by atoms with Crippen LogP contribution >= 0.6 is 12.6 Å². The molecule has 0 atom stereocenters. The lowest BCUT2D eigenvalue weighted by Crippen LogP contribution is -2.30. The lowest BCUT2D eigenvalue weighted by atomic mass is 9.84. The van der Waals surface area contributed by atoms with E-state index in [9.17, 15) is 4.79 Å². The van der Waals surface area contributed by atoms with Crippen molar-refractivity contribution in [3.8, 4) is 0 Å². The van der Waals surface area contributed by atoms with Gasteiger partial charge in [-0.15, -0.1) is 0 Å². The van der Waals surface area contributed by atoms with Crippen molar-refractivity contribution in [3.63, 3.8) is 0 Å². The van der Waals surface area contributed by atoms with Crippen LogP contribution in [0.1, 0.15) is 34.1 Å². The first-order valence-electron chi connectivity index (χ1n) is 3.61. The largest absolute Gasteiger partial charge is 0.481 e. The highest BCUT2D eigenvalue weighted by Crippen LogP contribution is 2.31. The van der Waals surface area contributed by atoms with Crippen LogP contribution in [0.3, 0.4) is 0 Å². The lowest BCUT2D eigenvalue weighted by molar-refractivity contribution is -0.147. The zero-order valence-electron chi connectivity index (χ0n) is 7.51. The Labute approximate surface area is 73.4 Å². The average Bonchev–Trinajstić information content (AvgIpc) is 1.56. The topological polar surface area (TPSA) is 37.3 Å². The standard InChI is InChI=1S/C8H16O2S/c1-7(2,6(9)10)5-8(3,4)11/h11H,5H2,1-4H3,(H,9,10). The maximum Gasteiger partial charge on any atom is 0.309 e. The highest BCUT2D eigenvalue weighted by molar-refractivity contribution is 7.81. The highest BCUT2D eigenvalue weighted by Gasteiger charge is 2.32. The van der Waals surface area contributed by atoms with Gasteiger partial charge in [-0.2, -0.15) is 12.6 Å². The number of rotatable bonds is 3. The summed E-state index contributed by atoms with van der Waals surface area (Å²) < 4.78 is -0.220. The van der Waals surface area contributed by atoms with Gasteiger partial charge in [0, 0.05) is 4.75 Å². The summed E-state index contributed by atoms with van der Waals surface area (Å²) in [7, 11) is 0. The molecule has 0 bridgehead atoms. The van der Waals surface area contributed by atoms with Crippen molar-refractivity contribution in [3.05, 3.63) is 0 Å². The third-order valence-corrected chi connectivity index (χ3v) is 1.61. The minimum absolute atomic E-state index is 0.220. The fourth-order valence-electron chi connectivity index (χ4n) is 1.16. The Hall–Kier alpha value is -0.180. The minimum atomic E-state index is -0.764. The summed E-state index contributed by atoms with van der Waals surface area (Å²) in [6.45, 7) is 7.27. The van der Waals surface area contributed by atoms with E-state index >= 15 is 0 Å². The van der Waals surface area contributed by atoms with Crippen LogP contribution in [0.25, 0.3) is 0 Å². The average molecular weight is 176 g/mol. The van der Waals surface area contributed by atoms with Crippen molar-refractivity contribution >= 4 is 18.6 Å². The van der Waals surface area contributed by atoms with Crippen LogP contribution < -0.4 is 0 Å². The molecule has 0 saturated carbocycles. The molecule has 66 valence electrons. The lowest BCUT2D eigenvalue weighted by Gasteiger charge is -2.27. The number of hydrogen-bond acceptors (Lipinski definition) is 2. The van der Waals surface area contributed by atoms with Gasteiger partial charge in [0.2, 0.25) is 0 Å². The molecule has 0 radical (unpaired) electrons. The summed E-state index contributed by atoms with van der Waals surface area (Å²) in [4.78, 5) is 10.7. The molecular weight excluding hydrogens is 160 g/mol. The molecule has 0 unspecified atom stereocenters. The van der Waals surface area contributed by atoms with Crippen LogP contribution in [0, 0.1) is 5.41 Å². The van der Waals surface area contributed by atoms with E-state index in [4.69, 9.17) is 5.11 Å². The zero-order valence-corrected chi connectivity index (χ0v) is 8.40. The third kappa shape index (κ3) is 4.30. The Balaban J connectivity index is 4.25. The monoisotopic (exact) mass is 176 g/mol. The molecule has 0 spiro atoms. The smallest absolute Gasteiger partial charge is 0.309 e. The second kappa shape index (κ2) is 3.05. The molecule has 2 nitrogen and oxygen atoms in total. The molecule has 0 aromatic heterocycles. The van der Waals surface area contributed by atoms with Crippen molar-refractivity contribution in [2.75, 3.05) is 0 Å². The fourth-order valence-corrected chi connectivity index (χ4v) is 1.55. The molecule has 3 heteroatoms. The van der Waals surface area contributed by atoms with Gasteiger partial charge in [-0.05, 0) is 20.3 Å². The predicted molar refractivity (Wildman–Crippen MR) is 49.1 cm³/mol. The molecule has 0 aromatic rings. The van der Waals surface area contributed by atoms with Gasteiger partial charge in [0.1, 0.15) is 0 Å². The molecule has 0 aliphatic rings. The first-order valence-corrected chi connectivity index (χ1v) is 4.06. The molecule has 0 fully saturated rings. The first-order chi connectivity index (χ1) is 4.65. The van der Waals surface area contributed by atoms with Crippen molar-refractivity contribution in [1.82, 2.24) is 0 Å². The van der Waals surface area contributed by atoms with Crippen molar-refractivity contribution < 1.29 is 9.90 Å². The summed E-state index contributed by atoms with van der Waals surface area (Å²) in [6, 6.07) is 0. The van der Waals surface area contributed by atoms with E-state index in [-0.39, 0.29) is 4.75 Å². The Bertz CT molecular complexity index is 156. The Morgan fingerprint density at radius 2 is 1.73 bits per heavy atom. The molecule has 1 N–H and O–H groups in total. The van der Waals surface area contributed by atoms with E-state index in [1.54, 1.807) is 13.8 Å². The molecule has 0 aliphatic heterocycles. The van der Waals surface area contributed by atoms with Gasteiger partial charge < -0.3 is 5.11 Å². The van der Waals surface area contributed by atoms with Crippen molar-refractivity contribution in [1.29, 1.82) is 0 Å². The molecule has 0 aliphatic carbocycles. The van der Waals surface area contributed by atoms with Gasteiger partial charge >= 0.3 is 5.97 Å². The van der Waals surface area contributed by atoms with Crippen LogP contribution in [0.2, 0.25) is 0 Å². The first kappa shape index (κ1) is 10.8. The number of carboxylic acids is 1. The fraction of sp³-hybridized carbons (Fsp3) is 0.875. The maximum atomic E-state index is 10.7. The Morgan fingerprint density at radius 3 is 1.82 bits per heavy atom. The molecule has 0 heterocycles. The SMILES string of the molecule is CC(C)(S)CC(C)(C)C(=O)O. The number of hydrogen-bond donors (Lipinski definition) is 2. The highest BCUT2D eigenvalue weighted by atomic mass is 32.1. The normalized spacial score (nSPS) is 13.2. The summed E-state index contributed by atoms with van der Waals surface area (Å²) in [5, 5.41) is 8.77. The minimum Gasteiger partial charge on any atom is -0.481 e. The van der Waals surface area contributed by atoms with Crippen LogP contribution in [-0.2, 0) is 4.79 Å². The number of carboxylic acid groups (broad SMARTS) is 1. The zero-order chi connectivity index (χ0) is 9.28. The summed E-state index contributed by atoms with van der Waals surface area (Å²) in [6.07, 6.45) is 0.568. The Morgan fingerprint density at radius 1 is 1.36 bits per heavy atom. The summed E-state index contributed by atoms with van der Waals surface area (Å²) in [5.74, 6) is -0.764. The number of aliphatic carboxylic acids is 1. The van der Waals surface area contributed by atoms with Gasteiger partial charge in [-0.25, -0.2) is 0 Å². The third-order valence-electron chi connectivity index (χ3n) is 1.45. The second-order valence-electron chi connectivity index (χ2n) is 4.18. The van der Waals surface area contributed by atoms with Gasteiger partial charge in [-0.1, -0.05) is 13.8 Å².